The van der Waals surface area contributed by atoms with Gasteiger partial charge in [0.1, 0.15) is 11.5 Å². The molecule has 1 aromatic rings. The molecule has 0 aromatic heterocycles. The van der Waals surface area contributed by atoms with Crippen molar-refractivity contribution >= 4 is 15.8 Å². The van der Waals surface area contributed by atoms with Crippen LogP contribution in [0.2, 0.25) is 0 Å². The summed E-state index contributed by atoms with van der Waals surface area (Å²) in [5.41, 5.74) is -0.304. The third kappa shape index (κ3) is 2.35. The molecule has 0 N–H and O–H groups in total. The number of nitrogens with zero attached hydrogens (tertiary/aromatic N) is 1. The van der Waals surface area contributed by atoms with E-state index in [1.54, 1.807) is 0 Å². The van der Waals surface area contributed by atoms with E-state index in [9.17, 15) is 18.5 Å². The van der Waals surface area contributed by atoms with Gasteiger partial charge in [-0.25, -0.2) is 4.18 Å². The first-order chi connectivity index (χ1) is 7.49. The molecule has 2 rings (SSSR count). The van der Waals surface area contributed by atoms with Crippen LogP contribution >= 0.6 is 0 Å². The molecular weight excluding hydrogens is 238 g/mol. The van der Waals surface area contributed by atoms with Crippen LogP contribution in [-0.4, -0.2) is 26.2 Å². The first-order valence-electron chi connectivity index (χ1n) is 4.28. The Morgan fingerprint density at radius 2 is 2.19 bits per heavy atom. The largest absolute Gasteiger partial charge is 0.344 e. The topological polar surface area (TPSA) is 99.0 Å². The van der Waals surface area contributed by atoms with Crippen LogP contribution in [-0.2, 0) is 19.0 Å². The van der Waals surface area contributed by atoms with Crippen molar-refractivity contribution in [2.24, 2.45) is 0 Å². The summed E-state index contributed by atoms with van der Waals surface area (Å²) in [4.78, 5) is 9.53. The van der Waals surface area contributed by atoms with Crippen LogP contribution in [0.15, 0.2) is 29.2 Å². The SMILES string of the molecule is O=[N+]([O-])c1cccc(S(=O)(=O)OC2CO2)c1. The van der Waals surface area contributed by atoms with Crippen molar-refractivity contribution in [3.05, 3.63) is 34.4 Å². The van der Waals surface area contributed by atoms with Crippen molar-refractivity contribution in [2.75, 3.05) is 6.61 Å². The van der Waals surface area contributed by atoms with Gasteiger partial charge in [-0.15, -0.1) is 0 Å². The molecule has 0 spiro atoms. The van der Waals surface area contributed by atoms with Crippen molar-refractivity contribution in [3.63, 3.8) is 0 Å². The Balaban J connectivity index is 2.31. The van der Waals surface area contributed by atoms with Gasteiger partial charge in [0.2, 0.25) is 0 Å². The minimum atomic E-state index is -3.98. The molecule has 0 aliphatic carbocycles. The van der Waals surface area contributed by atoms with E-state index in [0.717, 1.165) is 6.07 Å². The molecule has 0 saturated carbocycles. The molecule has 1 unspecified atom stereocenters. The monoisotopic (exact) mass is 245 g/mol. The van der Waals surface area contributed by atoms with Gasteiger partial charge in [0, 0.05) is 12.1 Å². The highest BCUT2D eigenvalue weighted by molar-refractivity contribution is 7.86. The van der Waals surface area contributed by atoms with E-state index < -0.39 is 21.3 Å². The molecule has 1 saturated heterocycles. The lowest BCUT2D eigenvalue weighted by Crippen LogP contribution is -2.08. The van der Waals surface area contributed by atoms with Crippen LogP contribution in [0, 0.1) is 10.1 Å². The molecule has 7 nitrogen and oxygen atoms in total. The Hall–Kier alpha value is -1.51. The van der Waals surface area contributed by atoms with Gasteiger partial charge in [0.25, 0.3) is 15.8 Å². The van der Waals surface area contributed by atoms with Crippen molar-refractivity contribution < 1.29 is 22.3 Å². The zero-order valence-electron chi connectivity index (χ0n) is 7.90. The number of benzene rings is 1. The lowest BCUT2D eigenvalue weighted by molar-refractivity contribution is -0.385. The number of nitro benzene ring substituents is 1. The fourth-order valence-corrected chi connectivity index (χ4v) is 2.06. The van der Waals surface area contributed by atoms with E-state index in [1.165, 1.54) is 18.2 Å². The molecule has 1 aliphatic heterocycles. The molecule has 0 radical (unpaired) electrons. The standard InChI is InChI=1S/C8H7NO6S/c10-9(11)6-2-1-3-7(4-6)16(12,13)15-8-5-14-8/h1-4,8H,5H2. The van der Waals surface area contributed by atoms with Gasteiger partial charge in [-0.05, 0) is 6.07 Å². The highest BCUT2D eigenvalue weighted by Crippen LogP contribution is 2.23. The summed E-state index contributed by atoms with van der Waals surface area (Å²) in [5, 5.41) is 10.5. The molecule has 8 heteroatoms. The number of hydrogen-bond acceptors (Lipinski definition) is 6. The number of nitro groups is 1. The van der Waals surface area contributed by atoms with E-state index in [1.807, 2.05) is 0 Å². The summed E-state index contributed by atoms with van der Waals surface area (Å²) in [7, 11) is -3.98. The highest BCUT2D eigenvalue weighted by Gasteiger charge is 2.31. The number of ether oxygens (including phenoxy) is 1. The van der Waals surface area contributed by atoms with E-state index in [4.69, 9.17) is 0 Å². The molecular formula is C8H7NO6S. The normalized spacial score (nSPS) is 19.4. The zero-order chi connectivity index (χ0) is 11.8. The number of rotatable bonds is 4. The first kappa shape index (κ1) is 11.0. The quantitative estimate of drug-likeness (QED) is 0.334. The summed E-state index contributed by atoms with van der Waals surface area (Å²) < 4.78 is 32.3. The Morgan fingerprint density at radius 1 is 1.50 bits per heavy atom. The maximum absolute atomic E-state index is 11.5. The highest BCUT2D eigenvalue weighted by atomic mass is 32.2. The maximum atomic E-state index is 11.5. The maximum Gasteiger partial charge on any atom is 0.299 e. The summed E-state index contributed by atoms with van der Waals surface area (Å²) in [6, 6.07) is 4.65. The lowest BCUT2D eigenvalue weighted by atomic mass is 10.3. The zero-order valence-corrected chi connectivity index (χ0v) is 8.72. The molecule has 16 heavy (non-hydrogen) atoms. The van der Waals surface area contributed by atoms with Crippen molar-refractivity contribution in [2.45, 2.75) is 11.2 Å². The van der Waals surface area contributed by atoms with Crippen LogP contribution in [0.25, 0.3) is 0 Å². The van der Waals surface area contributed by atoms with Crippen LogP contribution in [0.4, 0.5) is 5.69 Å². The average Bonchev–Trinajstić information content (AvgIpc) is 3.01. The second-order valence-corrected chi connectivity index (χ2v) is 4.64. The first-order valence-corrected chi connectivity index (χ1v) is 5.69. The summed E-state index contributed by atoms with van der Waals surface area (Å²) in [6.45, 7) is 0.216. The molecule has 86 valence electrons. The summed E-state index contributed by atoms with van der Waals surface area (Å²) in [5.74, 6) is 0. The molecule has 1 aliphatic rings. The molecule has 0 bridgehead atoms. The molecule has 0 amide bonds. The van der Waals surface area contributed by atoms with Crippen LogP contribution in [0.1, 0.15) is 0 Å². The Bertz CT molecular complexity index is 521. The van der Waals surface area contributed by atoms with Crippen molar-refractivity contribution in [1.29, 1.82) is 0 Å². The van der Waals surface area contributed by atoms with Gasteiger partial charge < -0.3 is 4.74 Å². The number of non-ortho nitro benzene ring substituents is 1. The Kier molecular flexibility index (Phi) is 2.62. The van der Waals surface area contributed by atoms with Crippen LogP contribution in [0.5, 0.6) is 0 Å². The van der Waals surface area contributed by atoms with Crippen molar-refractivity contribution in [3.8, 4) is 0 Å². The third-order valence-corrected chi connectivity index (χ3v) is 3.15. The molecule has 1 atom stereocenters. The molecule has 1 aromatic carbocycles. The minimum Gasteiger partial charge on any atom is -0.344 e. The van der Waals surface area contributed by atoms with Gasteiger partial charge in [-0.2, -0.15) is 8.42 Å². The predicted octanol–water partition coefficient (Wildman–Crippen LogP) is 0.656. The van der Waals surface area contributed by atoms with Crippen LogP contribution < -0.4 is 0 Å². The second kappa shape index (κ2) is 3.81. The number of epoxide rings is 1. The Labute approximate surface area is 90.9 Å². The van der Waals surface area contributed by atoms with E-state index >= 15 is 0 Å². The van der Waals surface area contributed by atoms with E-state index in [0.29, 0.717) is 0 Å². The second-order valence-electron chi connectivity index (χ2n) is 3.07. The fraction of sp³-hybridized carbons (Fsp3) is 0.250. The van der Waals surface area contributed by atoms with Gasteiger partial charge in [0.15, 0.2) is 6.29 Å². The minimum absolute atomic E-state index is 0.216. The van der Waals surface area contributed by atoms with Gasteiger partial charge in [0.05, 0.1) is 4.92 Å². The predicted molar refractivity (Wildman–Crippen MR) is 51.1 cm³/mol. The van der Waals surface area contributed by atoms with Gasteiger partial charge >= 0.3 is 0 Å². The average molecular weight is 245 g/mol. The lowest BCUT2D eigenvalue weighted by Gasteiger charge is -2.02. The fourth-order valence-electron chi connectivity index (χ4n) is 1.04. The summed E-state index contributed by atoms with van der Waals surface area (Å²) in [6.07, 6.45) is -0.760. The van der Waals surface area contributed by atoms with E-state index in [2.05, 4.69) is 8.92 Å². The van der Waals surface area contributed by atoms with Crippen molar-refractivity contribution in [1.82, 2.24) is 0 Å². The van der Waals surface area contributed by atoms with Gasteiger partial charge in [-0.1, -0.05) is 6.07 Å². The smallest absolute Gasteiger partial charge is 0.299 e. The third-order valence-electron chi connectivity index (χ3n) is 1.85. The Morgan fingerprint density at radius 3 is 2.75 bits per heavy atom. The summed E-state index contributed by atoms with van der Waals surface area (Å²) >= 11 is 0. The number of hydrogen-bond donors (Lipinski definition) is 0. The van der Waals surface area contributed by atoms with Crippen LogP contribution in [0.3, 0.4) is 0 Å². The molecule has 1 fully saturated rings. The molecule has 1 heterocycles. The van der Waals surface area contributed by atoms with E-state index in [-0.39, 0.29) is 17.2 Å². The van der Waals surface area contributed by atoms with Gasteiger partial charge in [-0.3, -0.25) is 10.1 Å².